The molecule has 0 bridgehead atoms. The van der Waals surface area contributed by atoms with Gasteiger partial charge in [-0.2, -0.15) is 0 Å². The maximum absolute atomic E-state index is 14.5. The highest BCUT2D eigenvalue weighted by Crippen LogP contribution is 2.51. The first-order valence-electron chi connectivity index (χ1n) is 27.5. The number of amides is 1. The Kier molecular flexibility index (Phi) is 20.4. The molecule has 1 amide bonds. The zero-order chi connectivity index (χ0) is 56.3. The van der Waals surface area contributed by atoms with Crippen LogP contribution in [0.1, 0.15) is 106 Å². The molecule has 16 nitrogen and oxygen atoms in total. The topological polar surface area (TPSA) is 209 Å². The molecule has 6 N–H and O–H groups in total. The summed E-state index contributed by atoms with van der Waals surface area (Å²) in [4.78, 5) is 36.3. The fourth-order valence-electron chi connectivity index (χ4n) is 12.1. The van der Waals surface area contributed by atoms with Crippen molar-refractivity contribution in [3.63, 3.8) is 0 Å². The number of fused-ring (bicyclic) bond motifs is 5. The van der Waals surface area contributed by atoms with E-state index in [0.29, 0.717) is 32.5 Å². The van der Waals surface area contributed by atoms with Crippen LogP contribution >= 0.6 is 23.1 Å². The highest BCUT2D eigenvalue weighted by molar-refractivity contribution is 7.99. The molecule has 0 aliphatic carbocycles. The van der Waals surface area contributed by atoms with E-state index in [0.717, 1.165) is 10.4 Å². The standard InChI is InChI=1S/C59H87N3O13S2/c1-14-46-59(10,69)52(65)37(6)62(12)32-33(2)30-57(8,68)54(35(4)50(36(5)55(67)73-46)74-48-31-58(9,70-13)53(66)38(7)72-48)75-56-49(64)43(28-34(3)71-56)61(11)27-19-26-60-47(63)25-24-39-29-42-40-20-15-17-22-44(40)77-45-23-18-16-21-41(45)51(42)76-39/h15-18,20-25,29,33-38,43,46,48-50,52-54,56,64-66,68-69H,14,19,26-28,30-32H2,1-13H3,(H,60,63)/b25-24+/t33-,34-,35+,36-,37-,38+,43+,46-,48+,49-,50+,52-,53+,54-,56+,57-,58-,59-/m1/s1. The van der Waals surface area contributed by atoms with Crippen molar-refractivity contribution in [2.45, 2.75) is 201 Å². The van der Waals surface area contributed by atoms with Gasteiger partial charge in [-0.15, -0.1) is 11.3 Å². The number of aliphatic hydroxyl groups is 5. The minimum atomic E-state index is -1.84. The van der Waals surface area contributed by atoms with Gasteiger partial charge in [0.2, 0.25) is 5.91 Å². The number of nitrogens with one attached hydrogen (secondary N) is 1. The molecule has 3 fully saturated rings. The predicted molar refractivity (Wildman–Crippen MR) is 299 cm³/mol. The van der Waals surface area contributed by atoms with Gasteiger partial charge in [0.15, 0.2) is 12.6 Å². The first kappa shape index (κ1) is 61.3. The van der Waals surface area contributed by atoms with Crippen LogP contribution < -0.4 is 5.32 Å². The molecule has 4 aliphatic heterocycles. The van der Waals surface area contributed by atoms with Crippen LogP contribution in [0.4, 0.5) is 0 Å². The number of hydrogen-bond acceptors (Lipinski definition) is 17. The van der Waals surface area contributed by atoms with E-state index in [9.17, 15) is 35.1 Å². The number of aliphatic hydroxyl groups excluding tert-OH is 3. The summed E-state index contributed by atoms with van der Waals surface area (Å²) in [6, 6.07) is 18.0. The van der Waals surface area contributed by atoms with Crippen LogP contribution in [0.15, 0.2) is 70.5 Å². The fourth-order valence-corrected chi connectivity index (χ4v) is 14.4. The Bertz CT molecular complexity index is 2430. The van der Waals surface area contributed by atoms with Crippen molar-refractivity contribution in [1.82, 2.24) is 15.1 Å². The minimum absolute atomic E-state index is 0.0970. The zero-order valence-electron chi connectivity index (χ0n) is 47.4. The van der Waals surface area contributed by atoms with Gasteiger partial charge in [0.25, 0.3) is 0 Å². The molecule has 0 radical (unpaired) electrons. The van der Waals surface area contributed by atoms with Crippen molar-refractivity contribution >= 4 is 41.1 Å². The quantitative estimate of drug-likeness (QED) is 0.0439. The van der Waals surface area contributed by atoms with Gasteiger partial charge in [-0.1, -0.05) is 68.9 Å². The number of ether oxygens (including phenoxy) is 6. The van der Waals surface area contributed by atoms with Crippen LogP contribution in [-0.4, -0.2) is 178 Å². The van der Waals surface area contributed by atoms with E-state index in [2.05, 4.69) is 59.9 Å². The molecule has 428 valence electrons. The summed E-state index contributed by atoms with van der Waals surface area (Å²) in [6.45, 7) is 18.9. The maximum atomic E-state index is 14.5. The molecule has 2 aromatic carbocycles. The summed E-state index contributed by atoms with van der Waals surface area (Å²) < 4.78 is 38.4. The zero-order valence-corrected chi connectivity index (χ0v) is 49.0. The van der Waals surface area contributed by atoms with E-state index in [1.165, 1.54) is 39.8 Å². The molecule has 0 saturated carbocycles. The van der Waals surface area contributed by atoms with Crippen LogP contribution in [0, 0.1) is 17.8 Å². The molecule has 1 aromatic heterocycles. The van der Waals surface area contributed by atoms with Crippen molar-refractivity contribution in [1.29, 1.82) is 0 Å². The monoisotopic (exact) mass is 1110 g/mol. The van der Waals surface area contributed by atoms with Gasteiger partial charge in [0.1, 0.15) is 30.0 Å². The molecule has 5 heterocycles. The summed E-state index contributed by atoms with van der Waals surface area (Å²) in [5.41, 5.74) is -1.03. The number of carbonyl (C=O) groups is 2. The second-order valence-corrected chi connectivity index (χ2v) is 25.3. The largest absolute Gasteiger partial charge is 0.459 e. The smallest absolute Gasteiger partial charge is 0.311 e. The average Bonchev–Trinajstić information content (AvgIpc) is 3.76. The molecule has 3 saturated heterocycles. The van der Waals surface area contributed by atoms with Crippen molar-refractivity contribution in [2.75, 3.05) is 40.8 Å². The SMILES string of the molecule is CC[C@H]1OC(=O)[C@H](C)[C@@H](O[C@H]2C[C@@](C)(OC)[C@@H](O)[C@H](C)O2)[C@H](C)[C@@H](O[C@@H]2O[C@H](C)C[C@H](N(C)CCCNC(=O)/C=C/c3cc4c(s3)-c3ccccc3Sc3ccccc3-4)[C@H]2O)[C@](C)(O)C[C@@H](C)CN(C)[C@H](C)[C@@H](O)[C@]1(C)O. The second kappa shape index (κ2) is 25.6. The number of cyclic esters (lactones) is 1. The summed E-state index contributed by atoms with van der Waals surface area (Å²) in [5, 5.41) is 62.8. The van der Waals surface area contributed by atoms with E-state index >= 15 is 0 Å². The average molecular weight is 1110 g/mol. The molecule has 0 unspecified atom stereocenters. The van der Waals surface area contributed by atoms with Gasteiger partial charge in [-0.05, 0) is 131 Å². The van der Waals surface area contributed by atoms with Crippen molar-refractivity contribution in [3.05, 3.63) is 65.6 Å². The third-order valence-electron chi connectivity index (χ3n) is 16.8. The number of esters is 1. The number of hydrogen-bond donors (Lipinski definition) is 6. The summed E-state index contributed by atoms with van der Waals surface area (Å²) in [5.74, 6) is -3.01. The molecule has 4 aliphatic rings. The third-order valence-corrected chi connectivity index (χ3v) is 19.1. The number of rotatable bonds is 13. The lowest BCUT2D eigenvalue weighted by Gasteiger charge is -2.49. The van der Waals surface area contributed by atoms with Crippen LogP contribution in [0.25, 0.3) is 27.6 Å². The summed E-state index contributed by atoms with van der Waals surface area (Å²) >= 11 is 3.44. The minimum Gasteiger partial charge on any atom is -0.459 e. The Hall–Kier alpha value is -3.31. The number of methoxy groups -OCH3 is 1. The number of thiophene rings is 1. The fraction of sp³-hybridized carbons (Fsp3) is 0.661. The van der Waals surface area contributed by atoms with Crippen molar-refractivity contribution < 1.29 is 63.5 Å². The van der Waals surface area contributed by atoms with Gasteiger partial charge in [-0.25, -0.2) is 0 Å². The van der Waals surface area contributed by atoms with Gasteiger partial charge in [-0.3, -0.25) is 9.59 Å². The Morgan fingerprint density at radius 1 is 0.922 bits per heavy atom. The van der Waals surface area contributed by atoms with E-state index in [4.69, 9.17) is 28.4 Å². The normalized spacial score (nSPS) is 37.7. The Balaban J connectivity index is 1.08. The van der Waals surface area contributed by atoms with Crippen molar-refractivity contribution in [3.8, 4) is 21.6 Å². The van der Waals surface area contributed by atoms with Crippen LogP contribution in [0.5, 0.6) is 0 Å². The summed E-state index contributed by atoms with van der Waals surface area (Å²) in [7, 11) is 5.27. The Morgan fingerprint density at radius 2 is 1.58 bits per heavy atom. The molecule has 0 spiro atoms. The first-order valence-corrected chi connectivity index (χ1v) is 29.2. The third kappa shape index (κ3) is 13.9. The van der Waals surface area contributed by atoms with E-state index in [1.54, 1.807) is 70.7 Å². The number of nitrogens with zero attached hydrogens (tertiary/aromatic N) is 2. The van der Waals surface area contributed by atoms with Gasteiger partial charge < -0.3 is 69.1 Å². The molecule has 18 atom stereocenters. The van der Waals surface area contributed by atoms with Gasteiger partial charge in [0.05, 0.1) is 41.5 Å². The van der Waals surface area contributed by atoms with Crippen LogP contribution in [0.3, 0.4) is 0 Å². The Labute approximate surface area is 464 Å². The van der Waals surface area contributed by atoms with Crippen LogP contribution in [0.2, 0.25) is 0 Å². The maximum Gasteiger partial charge on any atom is 0.311 e. The molecule has 77 heavy (non-hydrogen) atoms. The molecule has 7 rings (SSSR count). The molecule has 18 heteroatoms. The summed E-state index contributed by atoms with van der Waals surface area (Å²) in [6.07, 6.45) is -5.10. The molecular formula is C59H87N3O13S2. The Morgan fingerprint density at radius 3 is 2.26 bits per heavy atom. The van der Waals surface area contributed by atoms with Crippen LogP contribution in [-0.2, 0) is 38.0 Å². The lowest BCUT2D eigenvalue weighted by atomic mass is 9.77. The number of likely N-dealkylation sites (N-methyl/N-ethyl adjacent to an activating group) is 2. The predicted octanol–water partition coefficient (Wildman–Crippen LogP) is 7.35. The molecular weight excluding hydrogens is 1020 g/mol. The lowest BCUT2D eigenvalue weighted by Crippen LogP contribution is -2.61. The highest BCUT2D eigenvalue weighted by atomic mass is 32.2. The second-order valence-electron chi connectivity index (χ2n) is 23.1. The molecule has 3 aromatic rings. The van der Waals surface area contributed by atoms with E-state index in [1.807, 2.05) is 50.7 Å². The highest BCUT2D eigenvalue weighted by Gasteiger charge is 2.53. The number of benzene rings is 2. The lowest BCUT2D eigenvalue weighted by molar-refractivity contribution is -0.318. The van der Waals surface area contributed by atoms with Gasteiger partial charge in [0, 0.05) is 81.4 Å². The van der Waals surface area contributed by atoms with Gasteiger partial charge >= 0.3 is 5.97 Å². The van der Waals surface area contributed by atoms with E-state index in [-0.39, 0.29) is 37.2 Å². The number of carbonyl (C=O) groups excluding carboxylic acids is 2. The van der Waals surface area contributed by atoms with E-state index < -0.39 is 102 Å². The first-order chi connectivity index (χ1) is 36.3. The van der Waals surface area contributed by atoms with Crippen molar-refractivity contribution in [2.24, 2.45) is 17.8 Å².